The number of phenols is 1. The molecule has 0 saturated carbocycles. The maximum Gasteiger partial charge on any atom is 0.172 e. The molecule has 0 atom stereocenters. The lowest BCUT2D eigenvalue weighted by Crippen LogP contribution is -2.10. The van der Waals surface area contributed by atoms with E-state index in [-0.39, 0.29) is 5.75 Å². The van der Waals surface area contributed by atoms with Crippen LogP contribution in [0.15, 0.2) is 34.9 Å². The molecule has 1 heterocycles. The van der Waals surface area contributed by atoms with Crippen molar-refractivity contribution in [3.05, 3.63) is 40.5 Å². The molecule has 0 spiro atoms. The minimum Gasteiger partial charge on any atom is -0.503 e. The highest BCUT2D eigenvalue weighted by Gasteiger charge is 2.08. The molecule has 1 aromatic carbocycles. The highest BCUT2D eigenvalue weighted by molar-refractivity contribution is 9.10. The summed E-state index contributed by atoms with van der Waals surface area (Å²) in [6.07, 6.45) is 1.79. The fourth-order valence-electron chi connectivity index (χ4n) is 1.84. The lowest BCUT2D eigenvalue weighted by molar-refractivity contribution is 0.371. The van der Waals surface area contributed by atoms with E-state index in [0.29, 0.717) is 16.8 Å². The van der Waals surface area contributed by atoms with Gasteiger partial charge in [0.2, 0.25) is 0 Å². The van der Waals surface area contributed by atoms with Crippen LogP contribution in [0.25, 0.3) is 0 Å². The van der Waals surface area contributed by atoms with E-state index in [1.165, 1.54) is 7.11 Å². The minimum absolute atomic E-state index is 0.109. The van der Waals surface area contributed by atoms with Gasteiger partial charge in [0.15, 0.2) is 11.5 Å². The van der Waals surface area contributed by atoms with Gasteiger partial charge in [0.05, 0.1) is 23.5 Å². The second-order valence-corrected chi connectivity index (χ2v) is 5.64. The number of nitrogens with zero attached hydrogens (tertiary/aromatic N) is 2. The molecule has 2 rings (SSSR count). The lowest BCUT2D eigenvalue weighted by Gasteiger charge is -2.13. The molecule has 112 valence electrons. The number of methoxy groups -OCH3 is 1. The van der Waals surface area contributed by atoms with Gasteiger partial charge in [-0.15, -0.1) is 0 Å². The van der Waals surface area contributed by atoms with Crippen LogP contribution in [0.4, 0.5) is 11.5 Å². The van der Waals surface area contributed by atoms with Crippen molar-refractivity contribution >= 4 is 27.4 Å². The van der Waals surface area contributed by atoms with Crippen LogP contribution in [0.2, 0.25) is 0 Å². The SMILES string of the molecule is COc1cc(CNc2ccc(N(C)C)nc2)cc(Br)c1O. The van der Waals surface area contributed by atoms with Crippen molar-refractivity contribution in [1.82, 2.24) is 4.98 Å². The quantitative estimate of drug-likeness (QED) is 0.865. The summed E-state index contributed by atoms with van der Waals surface area (Å²) in [6.45, 7) is 0.609. The van der Waals surface area contributed by atoms with Gasteiger partial charge in [-0.05, 0) is 45.8 Å². The summed E-state index contributed by atoms with van der Waals surface area (Å²) >= 11 is 3.31. The number of anilines is 2. The van der Waals surface area contributed by atoms with Crippen LogP contribution in [0, 0.1) is 0 Å². The molecule has 0 unspecified atom stereocenters. The molecule has 0 aliphatic rings. The van der Waals surface area contributed by atoms with Gasteiger partial charge in [-0.2, -0.15) is 0 Å². The molecule has 0 radical (unpaired) electrons. The number of benzene rings is 1. The second-order valence-electron chi connectivity index (χ2n) is 4.78. The van der Waals surface area contributed by atoms with Crippen LogP contribution in [-0.4, -0.2) is 31.3 Å². The standard InChI is InChI=1S/C15H18BrN3O2/c1-19(2)14-5-4-11(9-18-14)17-8-10-6-12(16)15(20)13(7-10)21-3/h4-7,9,17,20H,8H2,1-3H3. The maximum absolute atomic E-state index is 9.78. The van der Waals surface area contributed by atoms with Gasteiger partial charge in [0.25, 0.3) is 0 Å². The van der Waals surface area contributed by atoms with Crippen molar-refractivity contribution in [1.29, 1.82) is 0 Å². The van der Waals surface area contributed by atoms with Crippen molar-refractivity contribution < 1.29 is 9.84 Å². The molecule has 0 amide bonds. The fourth-order valence-corrected chi connectivity index (χ4v) is 2.33. The number of halogens is 1. The highest BCUT2D eigenvalue weighted by atomic mass is 79.9. The van der Waals surface area contributed by atoms with Crippen molar-refractivity contribution in [2.24, 2.45) is 0 Å². The molecule has 2 N–H and O–H groups in total. The van der Waals surface area contributed by atoms with Crippen LogP contribution in [0.5, 0.6) is 11.5 Å². The molecule has 0 bridgehead atoms. The fraction of sp³-hybridized carbons (Fsp3) is 0.267. The summed E-state index contributed by atoms with van der Waals surface area (Å²) < 4.78 is 5.75. The largest absolute Gasteiger partial charge is 0.503 e. The molecular formula is C15H18BrN3O2. The average Bonchev–Trinajstić information content (AvgIpc) is 2.48. The molecule has 2 aromatic rings. The van der Waals surface area contributed by atoms with E-state index in [0.717, 1.165) is 17.1 Å². The van der Waals surface area contributed by atoms with Gasteiger partial charge in [-0.3, -0.25) is 0 Å². The Bertz CT molecular complexity index is 615. The van der Waals surface area contributed by atoms with Crippen molar-refractivity contribution in [2.75, 3.05) is 31.4 Å². The van der Waals surface area contributed by atoms with Gasteiger partial charge in [0.1, 0.15) is 5.82 Å². The Balaban J connectivity index is 2.07. The van der Waals surface area contributed by atoms with Crippen LogP contribution < -0.4 is 15.0 Å². The number of hydrogen-bond acceptors (Lipinski definition) is 5. The maximum atomic E-state index is 9.78. The summed E-state index contributed by atoms with van der Waals surface area (Å²) in [4.78, 5) is 6.30. The smallest absolute Gasteiger partial charge is 0.172 e. The Morgan fingerprint density at radius 3 is 2.67 bits per heavy atom. The first kappa shape index (κ1) is 15.4. The molecule has 1 aromatic heterocycles. The van der Waals surface area contributed by atoms with E-state index in [4.69, 9.17) is 4.74 Å². The molecule has 0 fully saturated rings. The van der Waals surface area contributed by atoms with Crippen LogP contribution >= 0.6 is 15.9 Å². The zero-order valence-corrected chi connectivity index (χ0v) is 13.8. The predicted octanol–water partition coefficient (Wildman–Crippen LogP) is 3.24. The first-order chi connectivity index (χ1) is 10.0. The Kier molecular flexibility index (Phi) is 4.90. The number of nitrogens with one attached hydrogen (secondary N) is 1. The van der Waals surface area contributed by atoms with Gasteiger partial charge in [-0.25, -0.2) is 4.98 Å². The molecule has 0 saturated heterocycles. The Labute approximate surface area is 132 Å². The van der Waals surface area contributed by atoms with E-state index in [2.05, 4.69) is 26.2 Å². The van der Waals surface area contributed by atoms with Crippen molar-refractivity contribution in [2.45, 2.75) is 6.54 Å². The second kappa shape index (κ2) is 6.67. The number of ether oxygens (including phenoxy) is 1. The normalized spacial score (nSPS) is 10.3. The summed E-state index contributed by atoms with van der Waals surface area (Å²) in [6, 6.07) is 7.59. The molecule has 5 nitrogen and oxygen atoms in total. The van der Waals surface area contributed by atoms with Crippen LogP contribution in [-0.2, 0) is 6.54 Å². The Morgan fingerprint density at radius 1 is 1.33 bits per heavy atom. The third kappa shape index (κ3) is 3.78. The minimum atomic E-state index is 0.109. The third-order valence-corrected chi connectivity index (χ3v) is 3.62. The number of hydrogen-bond donors (Lipinski definition) is 2. The average molecular weight is 352 g/mol. The predicted molar refractivity (Wildman–Crippen MR) is 88.2 cm³/mol. The van der Waals surface area contributed by atoms with E-state index < -0.39 is 0 Å². The van der Waals surface area contributed by atoms with Gasteiger partial charge < -0.3 is 20.1 Å². The monoisotopic (exact) mass is 351 g/mol. The van der Waals surface area contributed by atoms with Gasteiger partial charge >= 0.3 is 0 Å². The highest BCUT2D eigenvalue weighted by Crippen LogP contribution is 2.35. The Hall–Kier alpha value is -1.95. The third-order valence-electron chi connectivity index (χ3n) is 3.01. The molecule has 0 aliphatic heterocycles. The van der Waals surface area contributed by atoms with E-state index in [9.17, 15) is 5.11 Å². The van der Waals surface area contributed by atoms with E-state index in [1.807, 2.05) is 37.2 Å². The number of aromatic hydroxyl groups is 1. The zero-order valence-electron chi connectivity index (χ0n) is 12.2. The van der Waals surface area contributed by atoms with Gasteiger partial charge in [-0.1, -0.05) is 0 Å². The molecule has 21 heavy (non-hydrogen) atoms. The topological polar surface area (TPSA) is 57.6 Å². The lowest BCUT2D eigenvalue weighted by atomic mass is 10.2. The van der Waals surface area contributed by atoms with E-state index in [1.54, 1.807) is 12.3 Å². The van der Waals surface area contributed by atoms with E-state index >= 15 is 0 Å². The molecular weight excluding hydrogens is 334 g/mol. The van der Waals surface area contributed by atoms with Crippen molar-refractivity contribution in [3.8, 4) is 11.5 Å². The van der Waals surface area contributed by atoms with Crippen molar-refractivity contribution in [3.63, 3.8) is 0 Å². The molecule has 6 heteroatoms. The number of rotatable bonds is 5. The zero-order chi connectivity index (χ0) is 15.4. The van der Waals surface area contributed by atoms with Crippen LogP contribution in [0.1, 0.15) is 5.56 Å². The summed E-state index contributed by atoms with van der Waals surface area (Å²) in [5.74, 6) is 1.47. The Morgan fingerprint density at radius 2 is 2.10 bits per heavy atom. The molecule has 0 aliphatic carbocycles. The first-order valence-electron chi connectivity index (χ1n) is 6.44. The summed E-state index contributed by atoms with van der Waals surface area (Å²) in [5, 5.41) is 13.1. The summed E-state index contributed by atoms with van der Waals surface area (Å²) in [5.41, 5.74) is 1.93. The van der Waals surface area contributed by atoms with Gasteiger partial charge in [0, 0.05) is 20.6 Å². The number of aromatic nitrogens is 1. The first-order valence-corrected chi connectivity index (χ1v) is 7.23. The number of phenolic OH excluding ortho intramolecular Hbond substituents is 1. The van der Waals surface area contributed by atoms with Crippen LogP contribution in [0.3, 0.4) is 0 Å². The summed E-state index contributed by atoms with van der Waals surface area (Å²) in [7, 11) is 5.44. The number of pyridine rings is 1.